The highest BCUT2D eigenvalue weighted by atomic mass is 32.1. The molecule has 0 N–H and O–H groups in total. The fourth-order valence-corrected chi connectivity index (χ4v) is 3.68. The van der Waals surface area contributed by atoms with Crippen LogP contribution in [-0.4, -0.2) is 41.9 Å². The van der Waals surface area contributed by atoms with Crippen LogP contribution < -0.4 is 4.90 Å². The molecule has 130 valence electrons. The zero-order valence-electron chi connectivity index (χ0n) is 13.6. The van der Waals surface area contributed by atoms with E-state index in [1.54, 1.807) is 23.1 Å². The molecule has 1 aromatic heterocycles. The number of nitriles is 2. The van der Waals surface area contributed by atoms with Gasteiger partial charge in [0.25, 0.3) is 5.91 Å². The molecule has 0 saturated carbocycles. The maximum atomic E-state index is 12.5. The molecule has 8 nitrogen and oxygen atoms in total. The molecule has 0 unspecified atom stereocenters. The van der Waals surface area contributed by atoms with Gasteiger partial charge in [-0.2, -0.15) is 10.5 Å². The van der Waals surface area contributed by atoms with Crippen molar-refractivity contribution in [3.05, 3.63) is 56.5 Å². The van der Waals surface area contributed by atoms with Crippen molar-refractivity contribution in [1.82, 2.24) is 4.90 Å². The lowest BCUT2D eigenvalue weighted by atomic mass is 10.1. The summed E-state index contributed by atoms with van der Waals surface area (Å²) < 4.78 is 0. The first kappa shape index (κ1) is 17.4. The molecule has 1 aliphatic heterocycles. The van der Waals surface area contributed by atoms with Gasteiger partial charge in [-0.05, 0) is 18.2 Å². The van der Waals surface area contributed by atoms with E-state index in [1.807, 2.05) is 4.90 Å². The summed E-state index contributed by atoms with van der Waals surface area (Å²) in [4.78, 5) is 26.7. The third-order valence-electron chi connectivity index (χ3n) is 4.14. The van der Waals surface area contributed by atoms with Gasteiger partial charge in [0.05, 0.1) is 26.6 Å². The monoisotopic (exact) mass is 367 g/mol. The number of nitrogens with zero attached hydrogens (tertiary/aromatic N) is 5. The maximum Gasteiger partial charge on any atom is 0.324 e. The van der Waals surface area contributed by atoms with Crippen molar-refractivity contribution in [2.45, 2.75) is 0 Å². The van der Waals surface area contributed by atoms with Crippen LogP contribution in [0, 0.1) is 32.8 Å². The standard InChI is InChI=1S/C17H13N5O3S/c18-10-12-2-1-3-13(11-19)16(12)20-6-8-21(9-7-20)17(23)14-4-5-15(26-14)22(24)25/h1-5H,6-9H2. The molecule has 2 aromatic rings. The van der Waals surface area contributed by atoms with Crippen molar-refractivity contribution < 1.29 is 9.72 Å². The van der Waals surface area contributed by atoms with Crippen LogP contribution in [0.5, 0.6) is 0 Å². The van der Waals surface area contributed by atoms with E-state index < -0.39 is 4.92 Å². The van der Waals surface area contributed by atoms with Gasteiger partial charge in [-0.3, -0.25) is 14.9 Å². The Labute approximate surface area is 153 Å². The molecule has 0 atom stereocenters. The molecule has 26 heavy (non-hydrogen) atoms. The molecule has 0 radical (unpaired) electrons. The van der Waals surface area contributed by atoms with E-state index in [-0.39, 0.29) is 10.9 Å². The normalized spacial score (nSPS) is 13.8. The summed E-state index contributed by atoms with van der Waals surface area (Å²) in [6.45, 7) is 1.78. The topological polar surface area (TPSA) is 114 Å². The van der Waals surface area contributed by atoms with E-state index in [0.717, 1.165) is 11.3 Å². The number of thiophene rings is 1. The van der Waals surface area contributed by atoms with Crippen LogP contribution in [0.1, 0.15) is 20.8 Å². The zero-order valence-corrected chi connectivity index (χ0v) is 14.4. The van der Waals surface area contributed by atoms with Crippen LogP contribution >= 0.6 is 11.3 Å². The summed E-state index contributed by atoms with van der Waals surface area (Å²) in [5, 5.41) is 29.3. The van der Waals surface area contributed by atoms with Crippen LogP contribution in [0.15, 0.2) is 30.3 Å². The Bertz CT molecular complexity index is 916. The average molecular weight is 367 g/mol. The molecular formula is C17H13N5O3S. The zero-order chi connectivity index (χ0) is 18.7. The van der Waals surface area contributed by atoms with Gasteiger partial charge >= 0.3 is 5.00 Å². The van der Waals surface area contributed by atoms with E-state index >= 15 is 0 Å². The highest BCUT2D eigenvalue weighted by Gasteiger charge is 2.26. The lowest BCUT2D eigenvalue weighted by Gasteiger charge is -2.36. The van der Waals surface area contributed by atoms with Crippen LogP contribution in [0.4, 0.5) is 10.7 Å². The fourth-order valence-electron chi connectivity index (χ4n) is 2.89. The minimum Gasteiger partial charge on any atom is -0.366 e. The first-order valence-corrected chi connectivity index (χ1v) is 8.58. The largest absolute Gasteiger partial charge is 0.366 e. The fraction of sp³-hybridized carbons (Fsp3) is 0.235. The number of benzene rings is 1. The second-order valence-corrected chi connectivity index (χ2v) is 6.66. The van der Waals surface area contributed by atoms with Gasteiger partial charge < -0.3 is 9.80 Å². The first-order valence-electron chi connectivity index (χ1n) is 7.77. The van der Waals surface area contributed by atoms with E-state index in [1.165, 1.54) is 12.1 Å². The predicted octanol–water partition coefficient (Wildman–Crippen LogP) is 2.36. The number of nitro groups is 1. The summed E-state index contributed by atoms with van der Waals surface area (Å²) in [5.74, 6) is -0.239. The molecule has 1 aliphatic rings. The number of amides is 1. The molecule has 0 aliphatic carbocycles. The molecule has 1 amide bonds. The Kier molecular flexibility index (Phi) is 4.83. The van der Waals surface area contributed by atoms with Crippen LogP contribution in [-0.2, 0) is 0 Å². The van der Waals surface area contributed by atoms with E-state index in [9.17, 15) is 25.4 Å². The second kappa shape index (κ2) is 7.21. The van der Waals surface area contributed by atoms with Crippen molar-refractivity contribution in [2.24, 2.45) is 0 Å². The Morgan fingerprint density at radius 1 is 1.08 bits per heavy atom. The van der Waals surface area contributed by atoms with Crippen molar-refractivity contribution in [1.29, 1.82) is 10.5 Å². The van der Waals surface area contributed by atoms with Gasteiger partial charge in [0.15, 0.2) is 0 Å². The molecule has 3 rings (SSSR count). The number of carbonyl (C=O) groups is 1. The van der Waals surface area contributed by atoms with Gasteiger partial charge in [0, 0.05) is 32.2 Å². The van der Waals surface area contributed by atoms with Crippen LogP contribution in [0.3, 0.4) is 0 Å². The number of carbonyl (C=O) groups excluding carboxylic acids is 1. The number of piperazine rings is 1. The maximum absolute atomic E-state index is 12.5. The van der Waals surface area contributed by atoms with Gasteiger partial charge in [-0.25, -0.2) is 0 Å². The van der Waals surface area contributed by atoms with Crippen molar-refractivity contribution >= 4 is 27.9 Å². The molecule has 0 spiro atoms. The smallest absolute Gasteiger partial charge is 0.324 e. The van der Waals surface area contributed by atoms with Crippen LogP contribution in [0.25, 0.3) is 0 Å². The minimum absolute atomic E-state index is 0.0615. The molecule has 1 saturated heterocycles. The summed E-state index contributed by atoms with van der Waals surface area (Å²) in [6, 6.07) is 12.0. The van der Waals surface area contributed by atoms with Crippen molar-refractivity contribution in [2.75, 3.05) is 31.1 Å². The number of anilines is 1. The number of hydrogen-bond donors (Lipinski definition) is 0. The van der Waals surface area contributed by atoms with Crippen molar-refractivity contribution in [3.63, 3.8) is 0 Å². The second-order valence-electron chi connectivity index (χ2n) is 5.60. The number of rotatable bonds is 3. The lowest BCUT2D eigenvalue weighted by molar-refractivity contribution is -0.380. The molecule has 2 heterocycles. The predicted molar refractivity (Wildman–Crippen MR) is 95.0 cm³/mol. The molecule has 1 fully saturated rings. The summed E-state index contributed by atoms with van der Waals surface area (Å²) in [7, 11) is 0. The Morgan fingerprint density at radius 2 is 1.69 bits per heavy atom. The quantitative estimate of drug-likeness (QED) is 0.608. The Morgan fingerprint density at radius 3 is 2.19 bits per heavy atom. The number of hydrogen-bond acceptors (Lipinski definition) is 7. The van der Waals surface area contributed by atoms with Gasteiger partial charge in [-0.1, -0.05) is 17.4 Å². The van der Waals surface area contributed by atoms with Gasteiger partial charge in [0.1, 0.15) is 12.1 Å². The van der Waals surface area contributed by atoms with Crippen molar-refractivity contribution in [3.8, 4) is 12.1 Å². The van der Waals surface area contributed by atoms with E-state index in [0.29, 0.717) is 47.9 Å². The van der Waals surface area contributed by atoms with E-state index in [4.69, 9.17) is 0 Å². The lowest BCUT2D eigenvalue weighted by Crippen LogP contribution is -2.49. The summed E-state index contributed by atoms with van der Waals surface area (Å²) in [5.41, 5.74) is 1.45. The van der Waals surface area contributed by atoms with Gasteiger partial charge in [-0.15, -0.1) is 0 Å². The SMILES string of the molecule is N#Cc1cccc(C#N)c1N1CCN(C(=O)c2ccc([N+](=O)[O-])s2)CC1. The molecular weight excluding hydrogens is 354 g/mol. The third kappa shape index (κ3) is 3.21. The molecule has 1 aromatic carbocycles. The van der Waals surface area contributed by atoms with Gasteiger partial charge in [0.2, 0.25) is 0 Å². The highest BCUT2D eigenvalue weighted by Crippen LogP contribution is 2.28. The van der Waals surface area contributed by atoms with E-state index in [2.05, 4.69) is 12.1 Å². The average Bonchev–Trinajstić information content (AvgIpc) is 3.17. The third-order valence-corrected chi connectivity index (χ3v) is 5.17. The van der Waals surface area contributed by atoms with Crippen LogP contribution in [0.2, 0.25) is 0 Å². The summed E-state index contributed by atoms with van der Waals surface area (Å²) >= 11 is 0.862. The minimum atomic E-state index is -0.512. The molecule has 0 bridgehead atoms. The molecule has 9 heteroatoms. The Hall–Kier alpha value is -3.43. The summed E-state index contributed by atoms with van der Waals surface area (Å²) in [6.07, 6.45) is 0. The first-order chi connectivity index (χ1) is 12.5. The highest BCUT2D eigenvalue weighted by molar-refractivity contribution is 7.17. The number of para-hydroxylation sites is 1. The Balaban J connectivity index is 1.74.